The molecule has 0 saturated carbocycles. The normalized spacial score (nSPS) is 9.94. The number of Topliss-reactive ketones (excluding diaryl/α,β-unsaturated/α-hetero) is 1. The van der Waals surface area contributed by atoms with Crippen molar-refractivity contribution in [1.82, 2.24) is 0 Å². The minimum Gasteiger partial charge on any atom is -0.497 e. The number of ether oxygens (including phenoxy) is 1. The predicted octanol–water partition coefficient (Wildman–Crippen LogP) is 2.06. The molecule has 0 aliphatic rings. The highest BCUT2D eigenvalue weighted by Gasteiger charge is 2.07. The number of methoxy groups -OCH3 is 1. The maximum atomic E-state index is 11.2. The van der Waals surface area contributed by atoms with E-state index >= 15 is 0 Å². The lowest BCUT2D eigenvalue weighted by Crippen LogP contribution is -2.06. The van der Waals surface area contributed by atoms with Gasteiger partial charge in [0.1, 0.15) is 18.0 Å². The summed E-state index contributed by atoms with van der Waals surface area (Å²) in [5.41, 5.74) is 1.09. The van der Waals surface area contributed by atoms with Crippen LogP contribution in [0.15, 0.2) is 24.3 Å². The molecule has 4 heteroatoms. The molecule has 1 rings (SSSR count). The molecule has 0 aromatic heterocycles. The van der Waals surface area contributed by atoms with Crippen molar-refractivity contribution in [1.29, 1.82) is 0 Å². The van der Waals surface area contributed by atoms with Crippen LogP contribution >= 0.6 is 0 Å². The van der Waals surface area contributed by atoms with Gasteiger partial charge in [0, 0.05) is 6.42 Å². The van der Waals surface area contributed by atoms with E-state index in [1.807, 2.05) is 24.3 Å². The Balaban J connectivity index is 2.35. The molecular weight excluding hydrogens is 220 g/mol. The highest BCUT2D eigenvalue weighted by molar-refractivity contribution is 5.94. The molecule has 17 heavy (non-hydrogen) atoms. The third-order valence-corrected chi connectivity index (χ3v) is 2.40. The number of carbonyl (C=O) groups excluding carboxylic acids is 1. The summed E-state index contributed by atoms with van der Waals surface area (Å²) >= 11 is 0. The van der Waals surface area contributed by atoms with Crippen LogP contribution in [0, 0.1) is 0 Å². The van der Waals surface area contributed by atoms with E-state index in [1.165, 1.54) is 0 Å². The maximum Gasteiger partial charge on any atom is 0.310 e. The molecule has 0 aliphatic heterocycles. The van der Waals surface area contributed by atoms with Gasteiger partial charge >= 0.3 is 5.97 Å². The number of rotatable bonds is 7. The largest absolute Gasteiger partial charge is 0.497 e. The summed E-state index contributed by atoms with van der Waals surface area (Å²) in [5, 5.41) is 8.43. The minimum absolute atomic E-state index is 0.222. The van der Waals surface area contributed by atoms with E-state index in [1.54, 1.807) is 7.11 Å². The van der Waals surface area contributed by atoms with Crippen molar-refractivity contribution >= 4 is 11.8 Å². The number of aliphatic carboxylic acids is 1. The van der Waals surface area contributed by atoms with Gasteiger partial charge in [0.2, 0.25) is 0 Å². The van der Waals surface area contributed by atoms with E-state index in [2.05, 4.69) is 0 Å². The Hall–Kier alpha value is -1.84. The molecule has 92 valence electrons. The number of carbonyl (C=O) groups is 2. The first-order valence-electron chi connectivity index (χ1n) is 5.48. The number of hydrogen-bond donors (Lipinski definition) is 1. The zero-order valence-electron chi connectivity index (χ0n) is 9.81. The van der Waals surface area contributed by atoms with E-state index < -0.39 is 5.97 Å². The van der Waals surface area contributed by atoms with Crippen LogP contribution in [0.2, 0.25) is 0 Å². The van der Waals surface area contributed by atoms with E-state index in [4.69, 9.17) is 9.84 Å². The molecule has 1 aromatic carbocycles. The van der Waals surface area contributed by atoms with Crippen LogP contribution in [0.5, 0.6) is 5.75 Å². The summed E-state index contributed by atoms with van der Waals surface area (Å²) in [6.45, 7) is 0. The molecule has 0 unspecified atom stereocenters. The smallest absolute Gasteiger partial charge is 0.310 e. The Morgan fingerprint density at radius 1 is 1.35 bits per heavy atom. The molecule has 0 spiro atoms. The van der Waals surface area contributed by atoms with Crippen molar-refractivity contribution in [2.45, 2.75) is 25.7 Å². The first-order chi connectivity index (χ1) is 8.11. The van der Waals surface area contributed by atoms with Crippen LogP contribution in [0.25, 0.3) is 0 Å². The topological polar surface area (TPSA) is 63.6 Å². The SMILES string of the molecule is COc1cccc(CCCC(=O)CC(=O)O)c1. The van der Waals surface area contributed by atoms with Crippen LogP contribution in [0.3, 0.4) is 0 Å². The Morgan fingerprint density at radius 2 is 2.12 bits per heavy atom. The van der Waals surface area contributed by atoms with Crippen LogP contribution < -0.4 is 4.74 Å². The molecule has 0 heterocycles. The summed E-state index contributed by atoms with van der Waals surface area (Å²) in [5.74, 6) is -0.490. The third-order valence-electron chi connectivity index (χ3n) is 2.40. The quantitative estimate of drug-likeness (QED) is 0.736. The minimum atomic E-state index is -1.06. The number of benzene rings is 1. The second-order valence-electron chi connectivity index (χ2n) is 3.81. The number of hydrogen-bond acceptors (Lipinski definition) is 3. The highest BCUT2D eigenvalue weighted by atomic mass is 16.5. The molecule has 0 saturated heterocycles. The molecule has 0 aliphatic carbocycles. The van der Waals surface area contributed by atoms with Crippen molar-refractivity contribution in [3.05, 3.63) is 29.8 Å². The lowest BCUT2D eigenvalue weighted by atomic mass is 10.1. The summed E-state index contributed by atoms with van der Waals surface area (Å²) < 4.78 is 5.09. The third kappa shape index (κ3) is 5.15. The van der Waals surface area contributed by atoms with E-state index in [-0.39, 0.29) is 12.2 Å². The van der Waals surface area contributed by atoms with Gasteiger partial charge in [0.05, 0.1) is 7.11 Å². The first-order valence-corrected chi connectivity index (χ1v) is 5.48. The number of carboxylic acid groups (broad SMARTS) is 1. The van der Waals surface area contributed by atoms with Crippen molar-refractivity contribution in [2.24, 2.45) is 0 Å². The number of carboxylic acids is 1. The van der Waals surface area contributed by atoms with Crippen LogP contribution in [0.4, 0.5) is 0 Å². The predicted molar refractivity (Wildman–Crippen MR) is 63.2 cm³/mol. The molecule has 4 nitrogen and oxygen atoms in total. The van der Waals surface area contributed by atoms with Gasteiger partial charge in [-0.3, -0.25) is 9.59 Å². The zero-order valence-corrected chi connectivity index (χ0v) is 9.81. The average molecular weight is 236 g/mol. The van der Waals surface area contributed by atoms with Gasteiger partial charge in [-0.05, 0) is 30.5 Å². The summed E-state index contributed by atoms with van der Waals surface area (Å²) in [6.07, 6.45) is 1.35. The standard InChI is InChI=1S/C13H16O4/c1-17-12-7-3-5-10(8-12)4-2-6-11(14)9-13(15)16/h3,5,7-8H,2,4,6,9H2,1H3,(H,15,16). The molecular formula is C13H16O4. The van der Waals surface area contributed by atoms with Gasteiger partial charge in [-0.15, -0.1) is 0 Å². The van der Waals surface area contributed by atoms with Crippen molar-refractivity contribution < 1.29 is 19.4 Å². The molecule has 0 atom stereocenters. The van der Waals surface area contributed by atoms with Gasteiger partial charge < -0.3 is 9.84 Å². The fourth-order valence-corrected chi connectivity index (χ4v) is 1.57. The summed E-state index contributed by atoms with van der Waals surface area (Å²) in [4.78, 5) is 21.5. The van der Waals surface area contributed by atoms with E-state index in [0.717, 1.165) is 17.7 Å². The molecule has 0 amide bonds. The van der Waals surface area contributed by atoms with Gasteiger partial charge in [-0.25, -0.2) is 0 Å². The molecule has 1 aromatic rings. The van der Waals surface area contributed by atoms with Crippen LogP contribution in [-0.4, -0.2) is 24.0 Å². The Bertz CT molecular complexity index is 398. The van der Waals surface area contributed by atoms with Crippen LogP contribution in [0.1, 0.15) is 24.8 Å². The Morgan fingerprint density at radius 3 is 2.76 bits per heavy atom. The van der Waals surface area contributed by atoms with Gasteiger partial charge in [0.15, 0.2) is 0 Å². The molecule has 1 N–H and O–H groups in total. The summed E-state index contributed by atoms with van der Waals surface area (Å²) in [6, 6.07) is 7.64. The van der Waals surface area contributed by atoms with Crippen molar-refractivity contribution in [3.8, 4) is 5.75 Å². The van der Waals surface area contributed by atoms with E-state index in [0.29, 0.717) is 12.8 Å². The Kier molecular flexibility index (Phi) is 5.20. The number of aryl methyl sites for hydroxylation is 1. The van der Waals surface area contributed by atoms with Crippen molar-refractivity contribution in [3.63, 3.8) is 0 Å². The van der Waals surface area contributed by atoms with Gasteiger partial charge in [-0.2, -0.15) is 0 Å². The lowest BCUT2D eigenvalue weighted by Gasteiger charge is -2.03. The number of ketones is 1. The monoisotopic (exact) mass is 236 g/mol. The maximum absolute atomic E-state index is 11.2. The van der Waals surface area contributed by atoms with Crippen molar-refractivity contribution in [2.75, 3.05) is 7.11 Å². The fraction of sp³-hybridized carbons (Fsp3) is 0.385. The average Bonchev–Trinajstić information content (AvgIpc) is 2.28. The van der Waals surface area contributed by atoms with E-state index in [9.17, 15) is 9.59 Å². The second kappa shape index (κ2) is 6.68. The molecule has 0 radical (unpaired) electrons. The Labute approximate surface area is 100 Å². The fourth-order valence-electron chi connectivity index (χ4n) is 1.57. The van der Waals surface area contributed by atoms with Crippen LogP contribution in [-0.2, 0) is 16.0 Å². The summed E-state index contributed by atoms with van der Waals surface area (Å²) in [7, 11) is 1.61. The molecule has 0 bridgehead atoms. The zero-order chi connectivity index (χ0) is 12.7. The second-order valence-corrected chi connectivity index (χ2v) is 3.81. The first kappa shape index (κ1) is 13.2. The molecule has 0 fully saturated rings. The van der Waals surface area contributed by atoms with Gasteiger partial charge in [-0.1, -0.05) is 12.1 Å². The lowest BCUT2D eigenvalue weighted by molar-refractivity contribution is -0.140. The van der Waals surface area contributed by atoms with Gasteiger partial charge in [0.25, 0.3) is 0 Å². The highest BCUT2D eigenvalue weighted by Crippen LogP contribution is 2.14.